The summed E-state index contributed by atoms with van der Waals surface area (Å²) in [6, 6.07) is 11.9. The fourth-order valence-corrected chi connectivity index (χ4v) is 2.68. The number of hydrogen-bond acceptors (Lipinski definition) is 1. The zero-order valence-electron chi connectivity index (χ0n) is 13.6. The van der Waals surface area contributed by atoms with Gasteiger partial charge >= 0.3 is 0 Å². The van der Waals surface area contributed by atoms with Crippen molar-refractivity contribution in [2.75, 3.05) is 6.61 Å². The van der Waals surface area contributed by atoms with Gasteiger partial charge in [-0.2, -0.15) is 8.78 Å². The molecular formula is C21H14F4O. The highest BCUT2D eigenvalue weighted by Crippen LogP contribution is 2.31. The first kappa shape index (κ1) is 17.7. The van der Waals surface area contributed by atoms with E-state index >= 15 is 0 Å². The fourth-order valence-electron chi connectivity index (χ4n) is 2.68. The number of halogens is 4. The molecule has 132 valence electrons. The Labute approximate surface area is 147 Å². The van der Waals surface area contributed by atoms with Gasteiger partial charge < -0.3 is 4.74 Å². The van der Waals surface area contributed by atoms with Crippen LogP contribution in [0.15, 0.2) is 67.3 Å². The Kier molecular flexibility index (Phi) is 5.07. The molecule has 3 aromatic rings. The van der Waals surface area contributed by atoms with Crippen molar-refractivity contribution in [3.63, 3.8) is 0 Å². The molecule has 0 aliphatic rings. The Morgan fingerprint density at radius 3 is 2.50 bits per heavy atom. The quantitative estimate of drug-likeness (QED) is 0.369. The first-order chi connectivity index (χ1) is 12.5. The number of benzene rings is 3. The average molecular weight is 358 g/mol. The molecule has 0 N–H and O–H groups in total. The summed E-state index contributed by atoms with van der Waals surface area (Å²) in [4.78, 5) is 0. The molecule has 26 heavy (non-hydrogen) atoms. The lowest BCUT2D eigenvalue weighted by atomic mass is 9.99. The van der Waals surface area contributed by atoms with E-state index in [0.717, 1.165) is 0 Å². The van der Waals surface area contributed by atoms with Crippen molar-refractivity contribution >= 4 is 16.8 Å². The first-order valence-corrected chi connectivity index (χ1v) is 7.78. The molecule has 0 aliphatic heterocycles. The number of hydrogen-bond donors (Lipinski definition) is 0. The van der Waals surface area contributed by atoms with Crippen molar-refractivity contribution in [3.8, 4) is 16.9 Å². The molecule has 1 nitrogen and oxygen atoms in total. The molecule has 0 bridgehead atoms. The van der Waals surface area contributed by atoms with Crippen LogP contribution in [0.25, 0.3) is 28.0 Å². The van der Waals surface area contributed by atoms with Gasteiger partial charge in [0.25, 0.3) is 6.08 Å². The minimum atomic E-state index is -1.97. The van der Waals surface area contributed by atoms with E-state index in [1.54, 1.807) is 30.3 Å². The summed E-state index contributed by atoms with van der Waals surface area (Å²) in [6.45, 7) is 3.79. The molecule has 3 aromatic carbocycles. The van der Waals surface area contributed by atoms with E-state index in [9.17, 15) is 17.6 Å². The lowest BCUT2D eigenvalue weighted by molar-refractivity contribution is 0.361. The molecule has 0 aliphatic carbocycles. The minimum Gasteiger partial charge on any atom is -0.489 e. The molecule has 0 unspecified atom stereocenters. The van der Waals surface area contributed by atoms with Gasteiger partial charge in [-0.1, -0.05) is 36.9 Å². The standard InChI is InChI=1S/C21H14F4O/c1-2-9-26-16-6-8-17(19(22)12-16)13-5-7-18-14(10-13)3-4-15(21(18)25)11-20(23)24/h2-8,10-12H,1,9H2. The highest BCUT2D eigenvalue weighted by Gasteiger charge is 2.11. The molecule has 0 amide bonds. The van der Waals surface area contributed by atoms with Gasteiger partial charge in [0.1, 0.15) is 24.0 Å². The van der Waals surface area contributed by atoms with Gasteiger partial charge in [0.2, 0.25) is 0 Å². The highest BCUT2D eigenvalue weighted by molar-refractivity contribution is 5.89. The fraction of sp³-hybridized carbons (Fsp3) is 0.0476. The third-order valence-corrected chi connectivity index (χ3v) is 3.87. The third-order valence-electron chi connectivity index (χ3n) is 3.87. The van der Waals surface area contributed by atoms with Crippen LogP contribution >= 0.6 is 0 Å². The maximum absolute atomic E-state index is 14.4. The van der Waals surface area contributed by atoms with E-state index in [2.05, 4.69) is 6.58 Å². The Bertz CT molecular complexity index is 1000. The van der Waals surface area contributed by atoms with Gasteiger partial charge in [-0.05, 0) is 29.1 Å². The monoisotopic (exact) mass is 358 g/mol. The van der Waals surface area contributed by atoms with E-state index in [1.165, 1.54) is 24.3 Å². The minimum absolute atomic E-state index is 0.190. The van der Waals surface area contributed by atoms with Crippen LogP contribution in [-0.2, 0) is 0 Å². The molecule has 5 heteroatoms. The summed E-state index contributed by atoms with van der Waals surface area (Å²) in [6.07, 6.45) is 0.0624. The SMILES string of the molecule is C=CCOc1ccc(-c2ccc3c(F)c(C=C(F)F)ccc3c2)c(F)c1. The van der Waals surface area contributed by atoms with Crippen LogP contribution in [0.2, 0.25) is 0 Å². The van der Waals surface area contributed by atoms with Crippen molar-refractivity contribution in [2.45, 2.75) is 0 Å². The van der Waals surface area contributed by atoms with Crippen molar-refractivity contribution in [3.05, 3.63) is 84.5 Å². The third kappa shape index (κ3) is 3.61. The van der Waals surface area contributed by atoms with Gasteiger partial charge in [0, 0.05) is 28.7 Å². The first-order valence-electron chi connectivity index (χ1n) is 7.78. The molecule has 0 fully saturated rings. The van der Waals surface area contributed by atoms with E-state index < -0.39 is 17.7 Å². The van der Waals surface area contributed by atoms with Crippen LogP contribution in [0.1, 0.15) is 5.56 Å². The van der Waals surface area contributed by atoms with Crippen LogP contribution in [-0.4, -0.2) is 6.61 Å². The summed E-state index contributed by atoms with van der Waals surface area (Å²) >= 11 is 0. The second-order valence-corrected chi connectivity index (χ2v) is 5.58. The predicted octanol–water partition coefficient (Wildman–Crippen LogP) is 6.59. The number of fused-ring (bicyclic) bond motifs is 1. The maximum Gasteiger partial charge on any atom is 0.271 e. The molecule has 0 heterocycles. The van der Waals surface area contributed by atoms with Crippen molar-refractivity contribution in [1.29, 1.82) is 0 Å². The molecule has 0 aromatic heterocycles. The summed E-state index contributed by atoms with van der Waals surface area (Å²) in [7, 11) is 0. The van der Waals surface area contributed by atoms with Crippen molar-refractivity contribution < 1.29 is 22.3 Å². The molecular weight excluding hydrogens is 344 g/mol. The highest BCUT2D eigenvalue weighted by atomic mass is 19.3. The van der Waals surface area contributed by atoms with E-state index in [4.69, 9.17) is 4.74 Å². The topological polar surface area (TPSA) is 9.23 Å². The average Bonchev–Trinajstić information content (AvgIpc) is 2.62. The summed E-state index contributed by atoms with van der Waals surface area (Å²) in [5, 5.41) is 0.679. The van der Waals surface area contributed by atoms with Crippen LogP contribution in [0.3, 0.4) is 0 Å². The summed E-state index contributed by atoms with van der Waals surface area (Å²) in [5.41, 5.74) is 0.682. The predicted molar refractivity (Wildman–Crippen MR) is 95.2 cm³/mol. The van der Waals surface area contributed by atoms with Crippen LogP contribution < -0.4 is 4.74 Å². The van der Waals surface area contributed by atoms with E-state index in [1.807, 2.05) is 0 Å². The molecule has 0 atom stereocenters. The second kappa shape index (κ2) is 7.44. The van der Waals surface area contributed by atoms with E-state index in [0.29, 0.717) is 28.3 Å². The van der Waals surface area contributed by atoms with Crippen molar-refractivity contribution in [2.24, 2.45) is 0 Å². The maximum atomic E-state index is 14.4. The molecule has 0 saturated heterocycles. The Morgan fingerprint density at radius 1 is 1.00 bits per heavy atom. The lowest BCUT2D eigenvalue weighted by Gasteiger charge is -2.09. The number of rotatable bonds is 5. The van der Waals surface area contributed by atoms with Gasteiger partial charge in [-0.15, -0.1) is 0 Å². The van der Waals surface area contributed by atoms with Gasteiger partial charge in [-0.3, -0.25) is 0 Å². The Morgan fingerprint density at radius 2 is 1.81 bits per heavy atom. The molecule has 3 rings (SSSR count). The second-order valence-electron chi connectivity index (χ2n) is 5.58. The van der Waals surface area contributed by atoms with Crippen LogP contribution in [0, 0.1) is 11.6 Å². The Balaban J connectivity index is 2.02. The summed E-state index contributed by atoms with van der Waals surface area (Å²) in [5.74, 6) is -0.844. The molecule has 0 spiro atoms. The lowest BCUT2D eigenvalue weighted by Crippen LogP contribution is -1.94. The largest absolute Gasteiger partial charge is 0.489 e. The van der Waals surface area contributed by atoms with Crippen LogP contribution in [0.5, 0.6) is 5.75 Å². The smallest absolute Gasteiger partial charge is 0.271 e. The molecule has 0 saturated carbocycles. The van der Waals surface area contributed by atoms with Gasteiger partial charge in [-0.25, -0.2) is 8.78 Å². The van der Waals surface area contributed by atoms with Gasteiger partial charge in [0.15, 0.2) is 0 Å². The normalized spacial score (nSPS) is 10.6. The van der Waals surface area contributed by atoms with E-state index in [-0.39, 0.29) is 17.6 Å². The number of ether oxygens (including phenoxy) is 1. The Hall–Kier alpha value is -3.08. The van der Waals surface area contributed by atoms with Crippen molar-refractivity contribution in [1.82, 2.24) is 0 Å². The zero-order chi connectivity index (χ0) is 18.7. The molecule has 0 radical (unpaired) electrons. The van der Waals surface area contributed by atoms with Gasteiger partial charge in [0.05, 0.1) is 0 Å². The van der Waals surface area contributed by atoms with Crippen LogP contribution in [0.4, 0.5) is 17.6 Å². The summed E-state index contributed by atoms with van der Waals surface area (Å²) < 4.78 is 58.8. The zero-order valence-corrected chi connectivity index (χ0v) is 13.6.